The van der Waals surface area contributed by atoms with Gasteiger partial charge in [-0.3, -0.25) is 4.79 Å². The number of hydrogen-bond donors (Lipinski definition) is 1. The second kappa shape index (κ2) is 6.50. The number of nitrogens with one attached hydrogen (secondary N) is 1. The van der Waals surface area contributed by atoms with Crippen LogP contribution in [0.3, 0.4) is 0 Å². The summed E-state index contributed by atoms with van der Waals surface area (Å²) >= 11 is 0. The summed E-state index contributed by atoms with van der Waals surface area (Å²) in [4.78, 5) is 12.0. The molecule has 1 aliphatic rings. The third kappa shape index (κ3) is 4.48. The summed E-state index contributed by atoms with van der Waals surface area (Å²) in [6, 6.07) is 4.97. The van der Waals surface area contributed by atoms with Gasteiger partial charge in [0.15, 0.2) is 0 Å². The van der Waals surface area contributed by atoms with E-state index in [1.54, 1.807) is 0 Å². The van der Waals surface area contributed by atoms with Crippen LogP contribution in [0.25, 0.3) is 0 Å². The van der Waals surface area contributed by atoms with E-state index in [0.717, 1.165) is 31.4 Å². The summed E-state index contributed by atoms with van der Waals surface area (Å²) in [5.74, 6) is 0.351. The molecule has 0 unspecified atom stereocenters. The fourth-order valence-corrected chi connectivity index (χ4v) is 2.79. The van der Waals surface area contributed by atoms with E-state index in [2.05, 4.69) is 12.2 Å². The lowest BCUT2D eigenvalue weighted by molar-refractivity contribution is -0.137. The number of rotatable bonds is 3. The molecule has 1 aliphatic carbocycles. The molecule has 2 rings (SSSR count). The number of hydrogen-bond acceptors (Lipinski definition) is 1. The first-order valence-electron chi connectivity index (χ1n) is 7.32. The van der Waals surface area contributed by atoms with Crippen LogP contribution < -0.4 is 5.32 Å². The second-order valence-electron chi connectivity index (χ2n) is 5.81. The Bertz CT molecular complexity index is 481. The molecule has 5 heteroatoms. The molecule has 0 radical (unpaired) electrons. The number of carbonyl (C=O) groups is 1. The van der Waals surface area contributed by atoms with E-state index in [9.17, 15) is 18.0 Å². The molecular formula is C16H20F3NO. The van der Waals surface area contributed by atoms with Crippen molar-refractivity contribution in [3.63, 3.8) is 0 Å². The van der Waals surface area contributed by atoms with Gasteiger partial charge in [-0.1, -0.05) is 31.9 Å². The van der Waals surface area contributed by atoms with Crippen LogP contribution >= 0.6 is 0 Å². The van der Waals surface area contributed by atoms with Gasteiger partial charge in [0.25, 0.3) is 0 Å². The lowest BCUT2D eigenvalue weighted by Gasteiger charge is -2.29. The Balaban J connectivity index is 1.90. The number of alkyl halides is 3. The molecule has 1 aromatic carbocycles. The molecule has 21 heavy (non-hydrogen) atoms. The van der Waals surface area contributed by atoms with Gasteiger partial charge in [0.1, 0.15) is 0 Å². The minimum Gasteiger partial charge on any atom is -0.353 e. The van der Waals surface area contributed by atoms with E-state index in [0.29, 0.717) is 11.5 Å². The van der Waals surface area contributed by atoms with E-state index in [4.69, 9.17) is 0 Å². The zero-order valence-corrected chi connectivity index (χ0v) is 12.0. The van der Waals surface area contributed by atoms with Crippen molar-refractivity contribution in [2.24, 2.45) is 5.92 Å². The van der Waals surface area contributed by atoms with E-state index in [-0.39, 0.29) is 18.4 Å². The van der Waals surface area contributed by atoms with Gasteiger partial charge in [0, 0.05) is 6.04 Å². The normalized spacial score (nSPS) is 22.9. The van der Waals surface area contributed by atoms with Crippen molar-refractivity contribution in [1.82, 2.24) is 5.32 Å². The Labute approximate surface area is 122 Å². The van der Waals surface area contributed by atoms with Gasteiger partial charge in [-0.25, -0.2) is 0 Å². The minimum absolute atomic E-state index is 0.117. The summed E-state index contributed by atoms with van der Waals surface area (Å²) in [6.07, 6.45) is 0.215. The molecule has 116 valence electrons. The molecule has 2 nitrogen and oxygen atoms in total. The summed E-state index contributed by atoms with van der Waals surface area (Å²) in [7, 11) is 0. The number of halogens is 3. The minimum atomic E-state index is -4.34. The average molecular weight is 299 g/mol. The van der Waals surface area contributed by atoms with Gasteiger partial charge in [0.2, 0.25) is 5.91 Å². The average Bonchev–Trinajstić information content (AvgIpc) is 2.41. The van der Waals surface area contributed by atoms with Gasteiger partial charge in [-0.05, 0) is 36.5 Å². The third-order valence-electron chi connectivity index (χ3n) is 4.10. The van der Waals surface area contributed by atoms with E-state index >= 15 is 0 Å². The molecule has 1 saturated carbocycles. The predicted molar refractivity (Wildman–Crippen MR) is 74.7 cm³/mol. The van der Waals surface area contributed by atoms with Crippen molar-refractivity contribution in [2.45, 2.75) is 51.2 Å². The van der Waals surface area contributed by atoms with E-state index in [1.807, 2.05) is 0 Å². The van der Waals surface area contributed by atoms with Crippen LogP contribution in [0.1, 0.15) is 43.7 Å². The largest absolute Gasteiger partial charge is 0.416 e. The Morgan fingerprint density at radius 1 is 1.19 bits per heavy atom. The Morgan fingerprint density at radius 2 is 1.81 bits per heavy atom. The Hall–Kier alpha value is -1.52. The molecular weight excluding hydrogens is 279 g/mol. The standard InChI is InChI=1S/C16H20F3NO/c1-11-4-2-3-5-14(11)20-15(21)10-12-6-8-13(9-7-12)16(17,18)19/h6-9,11,14H,2-5,10H2,1H3,(H,20,21)/t11-,14+/m1/s1. The molecule has 1 aromatic rings. The lowest BCUT2D eigenvalue weighted by Crippen LogP contribution is -2.41. The maximum atomic E-state index is 12.5. The van der Waals surface area contributed by atoms with E-state index < -0.39 is 11.7 Å². The van der Waals surface area contributed by atoms with Crippen LogP contribution in [0, 0.1) is 5.92 Å². The highest BCUT2D eigenvalue weighted by molar-refractivity contribution is 5.78. The smallest absolute Gasteiger partial charge is 0.353 e. The number of carbonyl (C=O) groups excluding carboxylic acids is 1. The first-order chi connectivity index (χ1) is 9.86. The van der Waals surface area contributed by atoms with Crippen molar-refractivity contribution in [1.29, 1.82) is 0 Å². The molecule has 0 aliphatic heterocycles. The summed E-state index contributed by atoms with van der Waals surface area (Å²) in [5.41, 5.74) is -0.0866. The second-order valence-corrected chi connectivity index (χ2v) is 5.81. The zero-order valence-electron chi connectivity index (χ0n) is 12.0. The van der Waals surface area contributed by atoms with Crippen LogP contribution in [0.15, 0.2) is 24.3 Å². The predicted octanol–water partition coefficient (Wildman–Crippen LogP) is 3.94. The molecule has 0 saturated heterocycles. The van der Waals surface area contributed by atoms with Crippen LogP contribution in [-0.4, -0.2) is 11.9 Å². The highest BCUT2D eigenvalue weighted by atomic mass is 19.4. The molecule has 0 spiro atoms. The van der Waals surface area contributed by atoms with Gasteiger partial charge in [-0.2, -0.15) is 13.2 Å². The molecule has 1 amide bonds. The van der Waals surface area contributed by atoms with Crippen LogP contribution in [0.5, 0.6) is 0 Å². The number of amides is 1. The van der Waals surface area contributed by atoms with Gasteiger partial charge in [-0.15, -0.1) is 0 Å². The van der Waals surface area contributed by atoms with Crippen LogP contribution in [-0.2, 0) is 17.4 Å². The third-order valence-corrected chi connectivity index (χ3v) is 4.10. The van der Waals surface area contributed by atoms with Crippen molar-refractivity contribution < 1.29 is 18.0 Å². The molecule has 0 aromatic heterocycles. The van der Waals surface area contributed by atoms with Crippen molar-refractivity contribution >= 4 is 5.91 Å². The Morgan fingerprint density at radius 3 is 2.38 bits per heavy atom. The highest BCUT2D eigenvalue weighted by Crippen LogP contribution is 2.29. The molecule has 1 fully saturated rings. The SMILES string of the molecule is C[C@@H]1CCCC[C@@H]1NC(=O)Cc1ccc(C(F)(F)F)cc1. The Kier molecular flexibility index (Phi) is 4.91. The van der Waals surface area contributed by atoms with Crippen molar-refractivity contribution in [2.75, 3.05) is 0 Å². The fraction of sp³-hybridized carbons (Fsp3) is 0.562. The molecule has 1 N–H and O–H groups in total. The maximum Gasteiger partial charge on any atom is 0.416 e. The summed E-state index contributed by atoms with van der Waals surface area (Å²) in [6.45, 7) is 2.13. The topological polar surface area (TPSA) is 29.1 Å². The van der Waals surface area contributed by atoms with Crippen molar-refractivity contribution in [3.8, 4) is 0 Å². The first-order valence-corrected chi connectivity index (χ1v) is 7.32. The highest BCUT2D eigenvalue weighted by Gasteiger charge is 2.30. The van der Waals surface area contributed by atoms with Gasteiger partial charge in [0.05, 0.1) is 12.0 Å². The number of benzene rings is 1. The van der Waals surface area contributed by atoms with Gasteiger partial charge >= 0.3 is 6.18 Å². The summed E-state index contributed by atoms with van der Waals surface area (Å²) in [5, 5.41) is 3.00. The molecule has 0 heterocycles. The lowest BCUT2D eigenvalue weighted by atomic mass is 9.86. The molecule has 0 bridgehead atoms. The first kappa shape index (κ1) is 15.9. The molecule has 2 atom stereocenters. The maximum absolute atomic E-state index is 12.5. The van der Waals surface area contributed by atoms with Crippen LogP contribution in [0.4, 0.5) is 13.2 Å². The van der Waals surface area contributed by atoms with Crippen molar-refractivity contribution in [3.05, 3.63) is 35.4 Å². The van der Waals surface area contributed by atoms with E-state index in [1.165, 1.54) is 18.6 Å². The van der Waals surface area contributed by atoms with Gasteiger partial charge < -0.3 is 5.32 Å². The summed E-state index contributed by atoms with van der Waals surface area (Å²) < 4.78 is 37.4. The quantitative estimate of drug-likeness (QED) is 0.900. The fourth-order valence-electron chi connectivity index (χ4n) is 2.79. The monoisotopic (exact) mass is 299 g/mol. The van der Waals surface area contributed by atoms with Crippen LogP contribution in [0.2, 0.25) is 0 Å². The zero-order chi connectivity index (χ0) is 15.5.